The minimum atomic E-state index is 0.136. The molecule has 17 heavy (non-hydrogen) atoms. The van der Waals surface area contributed by atoms with Crippen LogP contribution in [0, 0.1) is 0 Å². The lowest BCUT2D eigenvalue weighted by atomic mass is 10.1. The second kappa shape index (κ2) is 5.52. The molecule has 0 radical (unpaired) electrons. The zero-order valence-electron chi connectivity index (χ0n) is 9.99. The largest absolute Gasteiger partial charge is 0.370 e. The molecule has 1 fully saturated rings. The van der Waals surface area contributed by atoms with Gasteiger partial charge in [0.15, 0.2) is 0 Å². The maximum absolute atomic E-state index is 11.0. The van der Waals surface area contributed by atoms with Crippen molar-refractivity contribution in [3.05, 3.63) is 18.2 Å². The van der Waals surface area contributed by atoms with Gasteiger partial charge in [-0.25, -0.2) is 4.98 Å². The van der Waals surface area contributed by atoms with Crippen LogP contribution in [0.2, 0.25) is 0 Å². The number of aromatic nitrogens is 1. The van der Waals surface area contributed by atoms with Gasteiger partial charge < -0.3 is 16.0 Å². The van der Waals surface area contributed by atoms with Gasteiger partial charge in [-0.15, -0.1) is 0 Å². The van der Waals surface area contributed by atoms with Crippen LogP contribution in [0.1, 0.15) is 19.8 Å². The van der Waals surface area contributed by atoms with Crippen molar-refractivity contribution in [3.8, 4) is 0 Å². The highest BCUT2D eigenvalue weighted by atomic mass is 16.1. The summed E-state index contributed by atoms with van der Waals surface area (Å²) in [6, 6.07) is 6.13. The summed E-state index contributed by atoms with van der Waals surface area (Å²) < 4.78 is 0. The van der Waals surface area contributed by atoms with Crippen LogP contribution in [0.3, 0.4) is 0 Å². The zero-order valence-corrected chi connectivity index (χ0v) is 9.99. The molecule has 2 rings (SSSR count). The van der Waals surface area contributed by atoms with E-state index in [4.69, 9.17) is 0 Å². The van der Waals surface area contributed by atoms with E-state index in [-0.39, 0.29) is 11.9 Å². The average Bonchev–Trinajstić information content (AvgIpc) is 2.33. The van der Waals surface area contributed by atoms with Crippen LogP contribution in [-0.4, -0.2) is 30.0 Å². The smallest absolute Gasteiger partial charge is 0.220 e. The van der Waals surface area contributed by atoms with Crippen molar-refractivity contribution in [3.63, 3.8) is 0 Å². The number of hydrogen-bond acceptors (Lipinski definition) is 4. The molecule has 1 saturated heterocycles. The number of pyridine rings is 1. The Kier molecular flexibility index (Phi) is 3.80. The standard InChI is InChI=1S/C12H18N4O/c1-2-13-10-4-3-5-11(16-10)15-9-6-7-12(17)14-8-9/h3-5,9H,2,6-8H2,1H3,(H,14,17)(H2,13,15,16). The van der Waals surface area contributed by atoms with Crippen LogP contribution in [0.4, 0.5) is 11.6 Å². The Bertz CT molecular complexity index is 384. The molecule has 0 bridgehead atoms. The van der Waals surface area contributed by atoms with Crippen LogP contribution in [-0.2, 0) is 4.79 Å². The quantitative estimate of drug-likeness (QED) is 0.732. The minimum Gasteiger partial charge on any atom is -0.370 e. The second-order valence-electron chi connectivity index (χ2n) is 4.12. The molecule has 1 aromatic rings. The summed E-state index contributed by atoms with van der Waals surface area (Å²) in [6.07, 6.45) is 1.45. The molecule has 0 aliphatic carbocycles. The predicted molar refractivity (Wildman–Crippen MR) is 68.1 cm³/mol. The van der Waals surface area contributed by atoms with E-state index in [0.29, 0.717) is 13.0 Å². The van der Waals surface area contributed by atoms with Crippen LogP contribution in [0.15, 0.2) is 18.2 Å². The summed E-state index contributed by atoms with van der Waals surface area (Å²) in [5, 5.41) is 9.35. The number of piperidine rings is 1. The molecule has 1 amide bonds. The molecule has 1 aromatic heterocycles. The Morgan fingerprint density at radius 1 is 1.47 bits per heavy atom. The van der Waals surface area contributed by atoms with Crippen LogP contribution in [0.5, 0.6) is 0 Å². The van der Waals surface area contributed by atoms with Gasteiger partial charge in [-0.3, -0.25) is 4.79 Å². The fourth-order valence-corrected chi connectivity index (χ4v) is 1.86. The second-order valence-corrected chi connectivity index (χ2v) is 4.12. The van der Waals surface area contributed by atoms with E-state index in [9.17, 15) is 4.79 Å². The molecule has 0 saturated carbocycles. The van der Waals surface area contributed by atoms with Gasteiger partial charge in [0.05, 0.1) is 0 Å². The first kappa shape index (κ1) is 11.7. The summed E-state index contributed by atoms with van der Waals surface area (Å²) in [7, 11) is 0. The number of amides is 1. The van der Waals surface area contributed by atoms with Gasteiger partial charge in [0.1, 0.15) is 11.6 Å². The Balaban J connectivity index is 1.93. The summed E-state index contributed by atoms with van der Waals surface area (Å²) in [5.41, 5.74) is 0. The Morgan fingerprint density at radius 2 is 2.29 bits per heavy atom. The third-order valence-electron chi connectivity index (χ3n) is 2.72. The maximum Gasteiger partial charge on any atom is 0.220 e. The molecular weight excluding hydrogens is 216 g/mol. The van der Waals surface area contributed by atoms with E-state index in [0.717, 1.165) is 24.6 Å². The van der Waals surface area contributed by atoms with Crippen molar-refractivity contribution in [1.29, 1.82) is 0 Å². The number of anilines is 2. The topological polar surface area (TPSA) is 66.0 Å². The van der Waals surface area contributed by atoms with Gasteiger partial charge in [0.25, 0.3) is 0 Å². The summed E-state index contributed by atoms with van der Waals surface area (Å²) in [4.78, 5) is 15.5. The lowest BCUT2D eigenvalue weighted by molar-refractivity contribution is -0.122. The van der Waals surface area contributed by atoms with Gasteiger partial charge in [-0.05, 0) is 25.5 Å². The molecule has 1 aliphatic rings. The van der Waals surface area contributed by atoms with Crippen molar-refractivity contribution < 1.29 is 4.79 Å². The van der Waals surface area contributed by atoms with E-state index in [2.05, 4.69) is 20.9 Å². The number of hydrogen-bond donors (Lipinski definition) is 3. The first-order valence-electron chi connectivity index (χ1n) is 6.02. The molecule has 1 aliphatic heterocycles. The highest BCUT2D eigenvalue weighted by Gasteiger charge is 2.17. The lowest BCUT2D eigenvalue weighted by Crippen LogP contribution is -2.42. The fraction of sp³-hybridized carbons (Fsp3) is 0.500. The van der Waals surface area contributed by atoms with Gasteiger partial charge in [0, 0.05) is 25.6 Å². The SMILES string of the molecule is CCNc1cccc(NC2CCC(=O)NC2)n1. The molecule has 0 aromatic carbocycles. The fourth-order valence-electron chi connectivity index (χ4n) is 1.86. The predicted octanol–water partition coefficient (Wildman–Crippen LogP) is 1.20. The summed E-state index contributed by atoms with van der Waals surface area (Å²) in [6.45, 7) is 3.57. The molecule has 1 atom stereocenters. The van der Waals surface area contributed by atoms with E-state index in [1.54, 1.807) is 0 Å². The number of rotatable bonds is 4. The lowest BCUT2D eigenvalue weighted by Gasteiger charge is -2.24. The Labute approximate surface area is 101 Å². The first-order valence-corrected chi connectivity index (χ1v) is 6.02. The molecule has 5 nitrogen and oxygen atoms in total. The van der Waals surface area contributed by atoms with Crippen LogP contribution < -0.4 is 16.0 Å². The van der Waals surface area contributed by atoms with Gasteiger partial charge in [0.2, 0.25) is 5.91 Å². The third kappa shape index (κ3) is 3.34. The molecule has 3 N–H and O–H groups in total. The number of nitrogens with zero attached hydrogens (tertiary/aromatic N) is 1. The van der Waals surface area contributed by atoms with E-state index < -0.39 is 0 Å². The van der Waals surface area contributed by atoms with Crippen molar-refractivity contribution in [2.75, 3.05) is 23.7 Å². The van der Waals surface area contributed by atoms with Crippen molar-refractivity contribution in [1.82, 2.24) is 10.3 Å². The molecular formula is C12H18N4O. The van der Waals surface area contributed by atoms with E-state index in [1.165, 1.54) is 0 Å². The van der Waals surface area contributed by atoms with Crippen LogP contribution >= 0.6 is 0 Å². The zero-order chi connectivity index (χ0) is 12.1. The Morgan fingerprint density at radius 3 is 3.00 bits per heavy atom. The first-order chi connectivity index (χ1) is 8.28. The normalized spacial score (nSPS) is 19.6. The molecule has 2 heterocycles. The van der Waals surface area contributed by atoms with Gasteiger partial charge >= 0.3 is 0 Å². The highest BCUT2D eigenvalue weighted by molar-refractivity contribution is 5.77. The number of carbonyl (C=O) groups excluding carboxylic acids is 1. The van der Waals surface area contributed by atoms with Crippen molar-refractivity contribution in [2.24, 2.45) is 0 Å². The van der Waals surface area contributed by atoms with Crippen LogP contribution in [0.25, 0.3) is 0 Å². The van der Waals surface area contributed by atoms with Gasteiger partial charge in [-0.2, -0.15) is 0 Å². The van der Waals surface area contributed by atoms with E-state index >= 15 is 0 Å². The summed E-state index contributed by atoms with van der Waals surface area (Å²) in [5.74, 6) is 1.86. The molecule has 1 unspecified atom stereocenters. The molecule has 5 heteroatoms. The molecule has 0 spiro atoms. The molecule has 92 valence electrons. The van der Waals surface area contributed by atoms with Gasteiger partial charge in [-0.1, -0.05) is 6.07 Å². The number of carbonyl (C=O) groups is 1. The third-order valence-corrected chi connectivity index (χ3v) is 2.72. The van der Waals surface area contributed by atoms with Crippen molar-refractivity contribution in [2.45, 2.75) is 25.8 Å². The van der Waals surface area contributed by atoms with Crippen molar-refractivity contribution >= 4 is 17.5 Å². The average molecular weight is 234 g/mol. The minimum absolute atomic E-state index is 0.136. The summed E-state index contributed by atoms with van der Waals surface area (Å²) >= 11 is 0. The monoisotopic (exact) mass is 234 g/mol. The number of nitrogens with one attached hydrogen (secondary N) is 3. The maximum atomic E-state index is 11.0. The van der Waals surface area contributed by atoms with E-state index in [1.807, 2.05) is 25.1 Å². The Hall–Kier alpha value is -1.78. The highest BCUT2D eigenvalue weighted by Crippen LogP contribution is 2.13.